The Labute approximate surface area is 170 Å². The van der Waals surface area contributed by atoms with Crippen LogP contribution in [0.4, 0.5) is 13.2 Å². The summed E-state index contributed by atoms with van der Waals surface area (Å²) in [7, 11) is 0. The Morgan fingerprint density at radius 3 is 2.43 bits per heavy atom. The molecule has 0 aliphatic heterocycles. The van der Waals surface area contributed by atoms with Crippen molar-refractivity contribution in [2.45, 2.75) is 26.6 Å². The van der Waals surface area contributed by atoms with Gasteiger partial charge in [-0.3, -0.25) is 0 Å². The molecule has 0 amide bonds. The van der Waals surface area contributed by atoms with Crippen LogP contribution in [0.5, 0.6) is 5.75 Å². The first kappa shape index (κ1) is 21.1. The predicted octanol–water partition coefficient (Wildman–Crippen LogP) is 4.58. The first-order valence-corrected chi connectivity index (χ1v) is 8.88. The van der Waals surface area contributed by atoms with E-state index in [2.05, 4.69) is 10.2 Å². The van der Waals surface area contributed by atoms with Crippen molar-refractivity contribution in [2.24, 2.45) is 0 Å². The van der Waals surface area contributed by atoms with E-state index in [-0.39, 0.29) is 6.61 Å². The van der Waals surface area contributed by atoms with Crippen LogP contribution in [0.25, 0.3) is 11.8 Å². The van der Waals surface area contributed by atoms with Gasteiger partial charge >= 0.3 is 12.1 Å². The number of halogens is 3. The average Bonchev–Trinajstić information content (AvgIpc) is 3.05. The molecule has 0 fully saturated rings. The summed E-state index contributed by atoms with van der Waals surface area (Å²) in [6, 6.07) is 9.80. The van der Waals surface area contributed by atoms with Crippen molar-refractivity contribution in [2.75, 3.05) is 0 Å². The van der Waals surface area contributed by atoms with Crippen LogP contribution in [0.2, 0.25) is 0 Å². The molecule has 0 aliphatic rings. The number of benzene rings is 2. The Morgan fingerprint density at radius 2 is 1.83 bits per heavy atom. The van der Waals surface area contributed by atoms with Crippen molar-refractivity contribution in [1.82, 2.24) is 15.0 Å². The lowest BCUT2D eigenvalue weighted by atomic mass is 10.1. The summed E-state index contributed by atoms with van der Waals surface area (Å²) in [5, 5.41) is 17.2. The molecule has 9 heteroatoms. The first-order chi connectivity index (χ1) is 14.1. The molecule has 0 saturated heterocycles. The third kappa shape index (κ3) is 5.05. The Kier molecular flexibility index (Phi) is 5.91. The minimum Gasteiger partial charge on any atom is -0.487 e. The zero-order valence-corrected chi connectivity index (χ0v) is 16.1. The lowest BCUT2D eigenvalue weighted by Crippen LogP contribution is -2.06. The molecule has 0 radical (unpaired) electrons. The van der Waals surface area contributed by atoms with Crippen LogP contribution in [0.3, 0.4) is 0 Å². The molecule has 0 atom stereocenters. The highest BCUT2D eigenvalue weighted by Crippen LogP contribution is 2.29. The van der Waals surface area contributed by atoms with Gasteiger partial charge in [-0.15, -0.1) is 5.10 Å². The Hall–Kier alpha value is -3.62. The van der Waals surface area contributed by atoms with Gasteiger partial charge in [0.05, 0.1) is 16.9 Å². The lowest BCUT2D eigenvalue weighted by molar-refractivity contribution is -0.137. The van der Waals surface area contributed by atoms with Gasteiger partial charge in [-0.2, -0.15) is 23.1 Å². The van der Waals surface area contributed by atoms with Crippen LogP contribution in [0.15, 0.2) is 48.5 Å². The second-order valence-corrected chi connectivity index (χ2v) is 6.54. The van der Waals surface area contributed by atoms with Gasteiger partial charge < -0.3 is 9.84 Å². The van der Waals surface area contributed by atoms with Gasteiger partial charge in [0, 0.05) is 6.08 Å². The molecule has 1 aromatic heterocycles. The monoisotopic (exact) mass is 417 g/mol. The van der Waals surface area contributed by atoms with Gasteiger partial charge in [-0.05, 0) is 67.4 Å². The summed E-state index contributed by atoms with van der Waals surface area (Å²) in [5.41, 5.74) is 2.40. The van der Waals surface area contributed by atoms with Gasteiger partial charge in [-0.1, -0.05) is 6.07 Å². The molecule has 30 heavy (non-hydrogen) atoms. The van der Waals surface area contributed by atoms with Crippen molar-refractivity contribution >= 4 is 12.0 Å². The molecule has 0 aliphatic carbocycles. The highest BCUT2D eigenvalue weighted by molar-refractivity contribution is 5.85. The fourth-order valence-electron chi connectivity index (χ4n) is 2.68. The zero-order chi connectivity index (χ0) is 21.9. The number of ether oxygens (including phenoxy) is 1. The largest absolute Gasteiger partial charge is 0.487 e. The maximum atomic E-state index is 12.7. The molecule has 3 aromatic rings. The van der Waals surface area contributed by atoms with Crippen LogP contribution in [0.1, 0.15) is 28.1 Å². The fourth-order valence-corrected chi connectivity index (χ4v) is 2.68. The number of hydrogen-bond donors (Lipinski definition) is 1. The van der Waals surface area contributed by atoms with Gasteiger partial charge in [-0.25, -0.2) is 4.79 Å². The van der Waals surface area contributed by atoms with E-state index in [0.717, 1.165) is 29.3 Å². The summed E-state index contributed by atoms with van der Waals surface area (Å²) in [6.07, 6.45) is -1.84. The normalized spacial score (nSPS) is 11.8. The number of alkyl halides is 3. The van der Waals surface area contributed by atoms with E-state index >= 15 is 0 Å². The summed E-state index contributed by atoms with van der Waals surface area (Å²) in [5.74, 6) is -0.454. The molecular formula is C21H18F3N3O3. The highest BCUT2D eigenvalue weighted by atomic mass is 19.4. The smallest absolute Gasteiger partial charge is 0.416 e. The predicted molar refractivity (Wildman–Crippen MR) is 103 cm³/mol. The van der Waals surface area contributed by atoms with Crippen LogP contribution >= 0.6 is 0 Å². The van der Waals surface area contributed by atoms with E-state index in [4.69, 9.17) is 9.84 Å². The van der Waals surface area contributed by atoms with E-state index in [1.807, 2.05) is 6.92 Å². The van der Waals surface area contributed by atoms with Gasteiger partial charge in [0.1, 0.15) is 18.1 Å². The number of carbonyl (C=O) groups is 1. The van der Waals surface area contributed by atoms with Gasteiger partial charge in [0.25, 0.3) is 0 Å². The number of aliphatic carboxylic acids is 1. The van der Waals surface area contributed by atoms with E-state index in [9.17, 15) is 18.0 Å². The molecule has 3 rings (SSSR count). The van der Waals surface area contributed by atoms with Crippen molar-refractivity contribution in [1.29, 1.82) is 0 Å². The van der Waals surface area contributed by atoms with Crippen molar-refractivity contribution in [3.63, 3.8) is 0 Å². The van der Waals surface area contributed by atoms with Gasteiger partial charge in [0.15, 0.2) is 0 Å². The molecule has 156 valence electrons. The fraction of sp³-hybridized carbons (Fsp3) is 0.190. The Balaban J connectivity index is 1.71. The maximum absolute atomic E-state index is 12.7. The van der Waals surface area contributed by atoms with E-state index in [1.165, 1.54) is 23.0 Å². The Morgan fingerprint density at radius 1 is 1.13 bits per heavy atom. The van der Waals surface area contributed by atoms with Crippen LogP contribution in [-0.2, 0) is 17.6 Å². The average molecular weight is 417 g/mol. The highest BCUT2D eigenvalue weighted by Gasteiger charge is 2.30. The van der Waals surface area contributed by atoms with Crippen LogP contribution in [-0.4, -0.2) is 26.1 Å². The minimum absolute atomic E-state index is 0.121. The number of rotatable bonds is 6. The molecule has 0 spiro atoms. The summed E-state index contributed by atoms with van der Waals surface area (Å²) in [6.45, 7) is 3.69. The first-order valence-electron chi connectivity index (χ1n) is 8.88. The molecule has 2 aromatic carbocycles. The lowest BCUT2D eigenvalue weighted by Gasteiger charge is -2.08. The Bertz CT molecular complexity index is 1090. The maximum Gasteiger partial charge on any atom is 0.416 e. The number of hydrogen-bond acceptors (Lipinski definition) is 4. The molecule has 6 nitrogen and oxygen atoms in total. The third-order valence-electron chi connectivity index (χ3n) is 4.33. The van der Waals surface area contributed by atoms with Crippen LogP contribution < -0.4 is 4.74 Å². The zero-order valence-electron chi connectivity index (χ0n) is 16.1. The van der Waals surface area contributed by atoms with Crippen molar-refractivity contribution < 1.29 is 27.8 Å². The topological polar surface area (TPSA) is 77.2 Å². The summed E-state index contributed by atoms with van der Waals surface area (Å²) in [4.78, 5) is 11.9. The summed E-state index contributed by atoms with van der Waals surface area (Å²) >= 11 is 0. The quantitative estimate of drug-likeness (QED) is 0.594. The summed E-state index contributed by atoms with van der Waals surface area (Å²) < 4.78 is 43.8. The molecule has 1 N–H and O–H groups in total. The van der Waals surface area contributed by atoms with E-state index in [1.54, 1.807) is 25.1 Å². The molecule has 1 heterocycles. The molecule has 0 unspecified atom stereocenters. The standard InChI is InChI=1S/C21H18F3N3O3/c1-13-11-18(9-3-15(13)4-10-20(28)29)30-12-19-14(2)25-27(26-19)17-7-5-16(6-8-17)21(22,23)24/h3-11H,12H2,1-2H3,(H,28,29)/b10-4+. The molecule has 0 bridgehead atoms. The number of aryl methyl sites for hydroxylation is 2. The van der Waals surface area contributed by atoms with Gasteiger partial charge in [0.2, 0.25) is 0 Å². The molecular weight excluding hydrogens is 399 g/mol. The van der Waals surface area contributed by atoms with E-state index < -0.39 is 17.7 Å². The number of carboxylic acid groups (broad SMARTS) is 1. The second-order valence-electron chi connectivity index (χ2n) is 6.54. The SMILES string of the molecule is Cc1cc(OCc2nn(-c3ccc(C(F)(F)F)cc3)nc2C)ccc1/C=C/C(=O)O. The van der Waals surface area contributed by atoms with E-state index in [0.29, 0.717) is 22.8 Å². The number of nitrogens with zero attached hydrogens (tertiary/aromatic N) is 3. The third-order valence-corrected chi connectivity index (χ3v) is 4.33. The number of carboxylic acids is 1. The van der Waals surface area contributed by atoms with Crippen molar-refractivity contribution in [3.05, 3.63) is 76.6 Å². The minimum atomic E-state index is -4.40. The number of aromatic nitrogens is 3. The van der Waals surface area contributed by atoms with Crippen LogP contribution in [0, 0.1) is 13.8 Å². The van der Waals surface area contributed by atoms with Crippen molar-refractivity contribution in [3.8, 4) is 11.4 Å². The molecule has 0 saturated carbocycles. The second kappa shape index (κ2) is 8.40.